The molecule has 6 nitrogen and oxygen atoms in total. The zero-order valence-corrected chi connectivity index (χ0v) is 15.7. The minimum absolute atomic E-state index is 0.183. The fourth-order valence-corrected chi connectivity index (χ4v) is 3.73. The second kappa shape index (κ2) is 6.59. The predicted octanol–water partition coefficient (Wildman–Crippen LogP) is 2.76. The SMILES string of the molecule is CCOc1ccc2c(c1)C(C)=CC(C)(C)N2C(=O)CN1C(=O)CCC1=O. The number of imide groups is 1. The van der Waals surface area contributed by atoms with E-state index < -0.39 is 5.54 Å². The van der Waals surface area contributed by atoms with Crippen molar-refractivity contribution in [3.05, 3.63) is 29.8 Å². The van der Waals surface area contributed by atoms with Crippen LogP contribution in [0.25, 0.3) is 5.57 Å². The van der Waals surface area contributed by atoms with Crippen LogP contribution >= 0.6 is 0 Å². The molecule has 0 unspecified atom stereocenters. The van der Waals surface area contributed by atoms with Crippen molar-refractivity contribution in [3.63, 3.8) is 0 Å². The van der Waals surface area contributed by atoms with E-state index in [1.807, 2.05) is 52.0 Å². The molecule has 2 aliphatic rings. The summed E-state index contributed by atoms with van der Waals surface area (Å²) in [4.78, 5) is 39.6. The van der Waals surface area contributed by atoms with E-state index in [2.05, 4.69) is 0 Å². The van der Waals surface area contributed by atoms with Gasteiger partial charge in [0, 0.05) is 18.4 Å². The van der Waals surface area contributed by atoms with Crippen LogP contribution in [0.3, 0.4) is 0 Å². The Morgan fingerprint density at radius 3 is 2.46 bits per heavy atom. The van der Waals surface area contributed by atoms with Crippen molar-refractivity contribution in [3.8, 4) is 5.75 Å². The minimum Gasteiger partial charge on any atom is -0.494 e. The molecular weight excluding hydrogens is 332 g/mol. The third-order valence-corrected chi connectivity index (χ3v) is 4.79. The van der Waals surface area contributed by atoms with Crippen molar-refractivity contribution < 1.29 is 19.1 Å². The Morgan fingerprint density at radius 1 is 1.19 bits per heavy atom. The van der Waals surface area contributed by atoms with Crippen LogP contribution in [0.1, 0.15) is 46.1 Å². The van der Waals surface area contributed by atoms with Crippen LogP contribution in [-0.4, -0.2) is 41.3 Å². The second-order valence-corrected chi connectivity index (χ2v) is 7.20. The fourth-order valence-electron chi connectivity index (χ4n) is 3.73. The van der Waals surface area contributed by atoms with Gasteiger partial charge in [-0.05, 0) is 51.5 Å². The summed E-state index contributed by atoms with van der Waals surface area (Å²) in [5, 5.41) is 0. The van der Waals surface area contributed by atoms with Crippen molar-refractivity contribution in [2.75, 3.05) is 18.1 Å². The van der Waals surface area contributed by atoms with E-state index in [1.165, 1.54) is 0 Å². The normalized spacial score (nSPS) is 18.7. The van der Waals surface area contributed by atoms with Crippen LogP contribution in [0.5, 0.6) is 5.75 Å². The number of hydrogen-bond donors (Lipinski definition) is 0. The molecular formula is C20H24N2O4. The number of ether oxygens (including phenoxy) is 1. The van der Waals surface area contributed by atoms with Crippen molar-refractivity contribution in [1.29, 1.82) is 0 Å². The van der Waals surface area contributed by atoms with Gasteiger partial charge in [0.1, 0.15) is 12.3 Å². The van der Waals surface area contributed by atoms with Gasteiger partial charge in [-0.2, -0.15) is 0 Å². The molecule has 138 valence electrons. The van der Waals surface area contributed by atoms with Gasteiger partial charge in [0.2, 0.25) is 17.7 Å². The third-order valence-electron chi connectivity index (χ3n) is 4.79. The van der Waals surface area contributed by atoms with Crippen LogP contribution in [0.4, 0.5) is 5.69 Å². The topological polar surface area (TPSA) is 66.9 Å². The van der Waals surface area contributed by atoms with Crippen LogP contribution in [0.15, 0.2) is 24.3 Å². The number of rotatable bonds is 4. The molecule has 6 heteroatoms. The van der Waals surface area contributed by atoms with Crippen molar-refractivity contribution in [1.82, 2.24) is 4.90 Å². The second-order valence-electron chi connectivity index (χ2n) is 7.20. The standard InChI is InChI=1S/C20H24N2O4/c1-5-26-14-6-7-16-15(10-14)13(2)11-20(3,4)22(16)19(25)12-21-17(23)8-9-18(21)24/h6-7,10-11H,5,8-9,12H2,1-4H3. The fraction of sp³-hybridized carbons (Fsp3) is 0.450. The Balaban J connectivity index is 1.97. The lowest BCUT2D eigenvalue weighted by Crippen LogP contribution is -2.53. The monoisotopic (exact) mass is 356 g/mol. The number of likely N-dealkylation sites (tertiary alicyclic amines) is 1. The summed E-state index contributed by atoms with van der Waals surface area (Å²) >= 11 is 0. The molecule has 0 N–H and O–H groups in total. The average Bonchev–Trinajstić information content (AvgIpc) is 2.87. The van der Waals surface area contributed by atoms with Gasteiger partial charge >= 0.3 is 0 Å². The number of hydrogen-bond acceptors (Lipinski definition) is 4. The Morgan fingerprint density at radius 2 is 1.85 bits per heavy atom. The summed E-state index contributed by atoms with van der Waals surface area (Å²) in [6, 6.07) is 5.62. The molecule has 0 aromatic heterocycles. The first-order chi connectivity index (χ1) is 12.2. The Labute approximate surface area is 153 Å². The smallest absolute Gasteiger partial charge is 0.247 e. The summed E-state index contributed by atoms with van der Waals surface area (Å²) in [7, 11) is 0. The number of amides is 3. The first kappa shape index (κ1) is 18.2. The Kier molecular flexibility index (Phi) is 4.61. The van der Waals surface area contributed by atoms with Crippen LogP contribution < -0.4 is 9.64 Å². The van der Waals surface area contributed by atoms with E-state index in [4.69, 9.17) is 4.74 Å². The minimum atomic E-state index is -0.562. The molecule has 0 atom stereocenters. The van der Waals surface area contributed by atoms with Gasteiger partial charge in [0.25, 0.3) is 0 Å². The number of benzene rings is 1. The first-order valence-corrected chi connectivity index (χ1v) is 8.87. The summed E-state index contributed by atoms with van der Waals surface area (Å²) in [6.45, 7) is 8.16. The van der Waals surface area contributed by atoms with E-state index in [9.17, 15) is 14.4 Å². The highest BCUT2D eigenvalue weighted by atomic mass is 16.5. The summed E-state index contributed by atoms with van der Waals surface area (Å²) in [5.41, 5.74) is 2.18. The molecule has 26 heavy (non-hydrogen) atoms. The molecule has 0 bridgehead atoms. The van der Waals surface area contributed by atoms with Gasteiger partial charge in [0.15, 0.2) is 0 Å². The van der Waals surface area contributed by atoms with E-state index >= 15 is 0 Å². The predicted molar refractivity (Wildman–Crippen MR) is 98.8 cm³/mol. The zero-order chi connectivity index (χ0) is 19.1. The lowest BCUT2D eigenvalue weighted by Gasteiger charge is -2.42. The van der Waals surface area contributed by atoms with E-state index in [-0.39, 0.29) is 37.1 Å². The Bertz CT molecular complexity index is 794. The maximum absolute atomic E-state index is 13.1. The highest BCUT2D eigenvalue weighted by molar-refractivity contribution is 6.08. The van der Waals surface area contributed by atoms with Gasteiger partial charge < -0.3 is 9.64 Å². The number of anilines is 1. The molecule has 0 aliphatic carbocycles. The molecule has 2 aliphatic heterocycles. The summed E-state index contributed by atoms with van der Waals surface area (Å²) < 4.78 is 5.58. The highest BCUT2D eigenvalue weighted by Crippen LogP contribution is 2.40. The number of fused-ring (bicyclic) bond motifs is 1. The molecule has 0 spiro atoms. The highest BCUT2D eigenvalue weighted by Gasteiger charge is 2.39. The number of carbonyl (C=O) groups excluding carboxylic acids is 3. The maximum atomic E-state index is 13.1. The van der Waals surface area contributed by atoms with Gasteiger partial charge in [-0.3, -0.25) is 19.3 Å². The van der Waals surface area contributed by atoms with Crippen molar-refractivity contribution >= 4 is 29.0 Å². The molecule has 1 saturated heterocycles. The molecule has 3 rings (SSSR count). The summed E-state index contributed by atoms with van der Waals surface area (Å²) in [5.74, 6) is -0.0858. The first-order valence-electron chi connectivity index (χ1n) is 8.87. The third kappa shape index (κ3) is 3.11. The van der Waals surface area contributed by atoms with Crippen molar-refractivity contribution in [2.24, 2.45) is 0 Å². The lowest BCUT2D eigenvalue weighted by molar-refractivity contribution is -0.141. The molecule has 1 aromatic rings. The zero-order valence-electron chi connectivity index (χ0n) is 15.7. The maximum Gasteiger partial charge on any atom is 0.247 e. The summed E-state index contributed by atoms with van der Waals surface area (Å²) in [6.07, 6.45) is 2.39. The average molecular weight is 356 g/mol. The van der Waals surface area contributed by atoms with Gasteiger partial charge in [0.05, 0.1) is 17.8 Å². The van der Waals surface area contributed by atoms with Gasteiger partial charge in [-0.15, -0.1) is 0 Å². The Hall–Kier alpha value is -2.63. The molecule has 0 radical (unpaired) electrons. The number of allylic oxidation sites excluding steroid dienone is 1. The van der Waals surface area contributed by atoms with Crippen LogP contribution in [0.2, 0.25) is 0 Å². The molecule has 0 saturated carbocycles. The van der Waals surface area contributed by atoms with Gasteiger partial charge in [-0.25, -0.2) is 0 Å². The van der Waals surface area contributed by atoms with Crippen molar-refractivity contribution in [2.45, 2.75) is 46.1 Å². The van der Waals surface area contributed by atoms with Crippen LogP contribution in [-0.2, 0) is 14.4 Å². The number of carbonyl (C=O) groups is 3. The largest absolute Gasteiger partial charge is 0.494 e. The van der Waals surface area contributed by atoms with Gasteiger partial charge in [-0.1, -0.05) is 6.08 Å². The lowest BCUT2D eigenvalue weighted by atomic mass is 9.88. The van der Waals surface area contributed by atoms with E-state index in [0.29, 0.717) is 6.61 Å². The van der Waals surface area contributed by atoms with Crippen LogP contribution in [0, 0.1) is 0 Å². The number of nitrogens with zero attached hydrogens (tertiary/aromatic N) is 2. The van der Waals surface area contributed by atoms with E-state index in [0.717, 1.165) is 27.5 Å². The molecule has 2 heterocycles. The quantitative estimate of drug-likeness (QED) is 0.778. The van der Waals surface area contributed by atoms with E-state index in [1.54, 1.807) is 4.90 Å². The molecule has 1 fully saturated rings. The molecule has 3 amide bonds. The molecule has 1 aromatic carbocycles.